The van der Waals surface area contributed by atoms with Crippen molar-refractivity contribution in [2.24, 2.45) is 5.73 Å². The summed E-state index contributed by atoms with van der Waals surface area (Å²) in [6.07, 6.45) is 5.69. The van der Waals surface area contributed by atoms with Gasteiger partial charge in [-0.25, -0.2) is 4.98 Å². The van der Waals surface area contributed by atoms with E-state index in [-0.39, 0.29) is 6.04 Å². The van der Waals surface area contributed by atoms with Gasteiger partial charge in [-0.05, 0) is 30.2 Å². The Morgan fingerprint density at radius 3 is 2.89 bits per heavy atom. The summed E-state index contributed by atoms with van der Waals surface area (Å²) in [7, 11) is 0. The van der Waals surface area contributed by atoms with Crippen LogP contribution in [0.2, 0.25) is 0 Å². The maximum Gasteiger partial charge on any atom is 0.110 e. The van der Waals surface area contributed by atoms with E-state index in [1.807, 2.05) is 24.5 Å². The molecule has 2 N–H and O–H groups in total. The van der Waals surface area contributed by atoms with E-state index in [1.165, 1.54) is 0 Å². The van der Waals surface area contributed by atoms with E-state index in [0.717, 1.165) is 39.7 Å². The minimum Gasteiger partial charge on any atom is -0.335 e. The van der Waals surface area contributed by atoms with Crippen molar-refractivity contribution in [1.82, 2.24) is 9.55 Å². The number of benzene rings is 1. The lowest BCUT2D eigenvalue weighted by Gasteiger charge is -2.15. The molecule has 102 valence electrons. The average molecular weight is 387 g/mol. The van der Waals surface area contributed by atoms with Crippen LogP contribution >= 0.6 is 31.9 Å². The fourth-order valence-corrected chi connectivity index (χ4v) is 3.00. The molecular weight excluding hydrogens is 370 g/mol. The highest BCUT2D eigenvalue weighted by Crippen LogP contribution is 2.27. The minimum atomic E-state index is -0.0649. The summed E-state index contributed by atoms with van der Waals surface area (Å²) in [5.41, 5.74) is 7.41. The Hall–Kier alpha value is -0.650. The van der Waals surface area contributed by atoms with Gasteiger partial charge in [0.25, 0.3) is 0 Å². The molecule has 0 aliphatic carbocycles. The van der Waals surface area contributed by atoms with Gasteiger partial charge in [-0.3, -0.25) is 0 Å². The highest BCUT2D eigenvalue weighted by atomic mass is 79.9. The van der Waals surface area contributed by atoms with Gasteiger partial charge in [-0.1, -0.05) is 38.8 Å². The van der Waals surface area contributed by atoms with Crippen molar-refractivity contribution in [2.45, 2.75) is 32.4 Å². The molecule has 19 heavy (non-hydrogen) atoms. The lowest BCUT2D eigenvalue weighted by atomic mass is 10.0. The zero-order valence-electron chi connectivity index (χ0n) is 10.8. The smallest absolute Gasteiger partial charge is 0.110 e. The number of rotatable bonds is 5. The molecule has 0 fully saturated rings. The van der Waals surface area contributed by atoms with E-state index in [0.29, 0.717) is 0 Å². The number of halogens is 2. The Balaban J connectivity index is 2.18. The molecule has 2 rings (SSSR count). The Kier molecular flexibility index (Phi) is 5.19. The van der Waals surface area contributed by atoms with Crippen molar-refractivity contribution in [3.8, 4) is 0 Å². The van der Waals surface area contributed by atoms with Gasteiger partial charge in [-0.2, -0.15) is 0 Å². The molecule has 5 heteroatoms. The maximum atomic E-state index is 6.32. The van der Waals surface area contributed by atoms with Gasteiger partial charge in [0.2, 0.25) is 0 Å². The van der Waals surface area contributed by atoms with E-state index in [4.69, 9.17) is 5.73 Å². The van der Waals surface area contributed by atoms with Gasteiger partial charge in [0.1, 0.15) is 5.82 Å². The maximum absolute atomic E-state index is 6.32. The number of nitrogens with two attached hydrogens (primary N) is 1. The minimum absolute atomic E-state index is 0.0649. The lowest BCUT2D eigenvalue weighted by Crippen LogP contribution is -2.17. The van der Waals surface area contributed by atoms with Gasteiger partial charge in [0.15, 0.2) is 0 Å². The molecule has 0 saturated heterocycles. The predicted molar refractivity (Wildman–Crippen MR) is 85.0 cm³/mol. The van der Waals surface area contributed by atoms with Crippen LogP contribution in [0, 0.1) is 0 Å². The van der Waals surface area contributed by atoms with E-state index in [2.05, 4.69) is 54.4 Å². The zero-order valence-corrected chi connectivity index (χ0v) is 14.0. The molecule has 0 radical (unpaired) electrons. The molecule has 1 heterocycles. The Morgan fingerprint density at radius 1 is 1.37 bits per heavy atom. The predicted octanol–water partition coefficient (Wildman–Crippen LogP) is 4.06. The molecule has 1 unspecified atom stereocenters. The fourth-order valence-electron chi connectivity index (χ4n) is 2.08. The van der Waals surface area contributed by atoms with E-state index < -0.39 is 0 Å². The van der Waals surface area contributed by atoms with E-state index in [9.17, 15) is 0 Å². The number of imidazole rings is 1. The van der Waals surface area contributed by atoms with Crippen LogP contribution in [0.4, 0.5) is 0 Å². The highest BCUT2D eigenvalue weighted by Gasteiger charge is 2.14. The van der Waals surface area contributed by atoms with Crippen LogP contribution in [0.3, 0.4) is 0 Å². The van der Waals surface area contributed by atoms with Gasteiger partial charge >= 0.3 is 0 Å². The number of nitrogens with zero attached hydrogens (tertiary/aromatic N) is 2. The highest BCUT2D eigenvalue weighted by molar-refractivity contribution is 9.11. The summed E-state index contributed by atoms with van der Waals surface area (Å²) < 4.78 is 4.25. The third-order valence-corrected chi connectivity index (χ3v) is 4.24. The quantitative estimate of drug-likeness (QED) is 0.841. The second-order valence-corrected chi connectivity index (χ2v) is 6.28. The van der Waals surface area contributed by atoms with Crippen molar-refractivity contribution in [2.75, 3.05) is 0 Å². The number of aryl methyl sites for hydroxylation is 1. The van der Waals surface area contributed by atoms with Crippen LogP contribution in [0.25, 0.3) is 0 Å². The van der Waals surface area contributed by atoms with Crippen LogP contribution in [0.1, 0.15) is 30.8 Å². The van der Waals surface area contributed by atoms with Crippen LogP contribution in [-0.4, -0.2) is 9.55 Å². The number of hydrogen-bond donors (Lipinski definition) is 1. The molecule has 2 aromatic rings. The van der Waals surface area contributed by atoms with Crippen molar-refractivity contribution in [3.05, 3.63) is 50.9 Å². The molecule has 0 bridgehead atoms. The molecule has 0 aliphatic rings. The SMILES string of the molecule is CCCn1ccnc1CC(N)c1cc(Br)ccc1Br. The van der Waals surface area contributed by atoms with Gasteiger partial charge < -0.3 is 10.3 Å². The van der Waals surface area contributed by atoms with Crippen molar-refractivity contribution >= 4 is 31.9 Å². The second-order valence-electron chi connectivity index (χ2n) is 4.51. The average Bonchev–Trinajstić information content (AvgIpc) is 2.80. The van der Waals surface area contributed by atoms with E-state index in [1.54, 1.807) is 0 Å². The monoisotopic (exact) mass is 385 g/mol. The van der Waals surface area contributed by atoms with Crippen molar-refractivity contribution < 1.29 is 0 Å². The number of hydrogen-bond acceptors (Lipinski definition) is 2. The first-order valence-corrected chi connectivity index (χ1v) is 7.91. The summed E-state index contributed by atoms with van der Waals surface area (Å²) in [5, 5.41) is 0. The molecule has 0 spiro atoms. The van der Waals surface area contributed by atoms with Crippen LogP contribution < -0.4 is 5.73 Å². The molecular formula is C14H17Br2N3. The summed E-state index contributed by atoms with van der Waals surface area (Å²) in [6, 6.07) is 6.00. The molecule has 1 aromatic carbocycles. The molecule has 1 aromatic heterocycles. The zero-order chi connectivity index (χ0) is 13.8. The second kappa shape index (κ2) is 6.68. The Labute approximate surface area is 130 Å². The molecule has 0 saturated carbocycles. The van der Waals surface area contributed by atoms with Crippen LogP contribution in [0.15, 0.2) is 39.5 Å². The topological polar surface area (TPSA) is 43.8 Å². The number of aromatic nitrogens is 2. The van der Waals surface area contributed by atoms with Crippen LogP contribution in [-0.2, 0) is 13.0 Å². The molecule has 0 amide bonds. The first kappa shape index (κ1) is 14.8. The van der Waals surface area contributed by atoms with Gasteiger partial charge in [0.05, 0.1) is 0 Å². The Morgan fingerprint density at radius 2 is 2.16 bits per heavy atom. The summed E-state index contributed by atoms with van der Waals surface area (Å²) >= 11 is 7.04. The van der Waals surface area contributed by atoms with Crippen molar-refractivity contribution in [3.63, 3.8) is 0 Å². The summed E-state index contributed by atoms with van der Waals surface area (Å²) in [6.45, 7) is 3.15. The fraction of sp³-hybridized carbons (Fsp3) is 0.357. The normalized spacial score (nSPS) is 12.6. The molecule has 0 aliphatic heterocycles. The van der Waals surface area contributed by atoms with Gasteiger partial charge in [-0.15, -0.1) is 0 Å². The van der Waals surface area contributed by atoms with Gasteiger partial charge in [0, 0.05) is 40.3 Å². The third kappa shape index (κ3) is 3.68. The first-order chi connectivity index (χ1) is 9.11. The van der Waals surface area contributed by atoms with Crippen molar-refractivity contribution in [1.29, 1.82) is 0 Å². The first-order valence-electron chi connectivity index (χ1n) is 6.32. The third-order valence-electron chi connectivity index (χ3n) is 3.03. The standard InChI is InChI=1S/C14H17Br2N3/c1-2-6-19-7-5-18-14(19)9-13(17)11-8-10(15)3-4-12(11)16/h3-5,7-8,13H,2,6,9,17H2,1H3. The largest absolute Gasteiger partial charge is 0.335 e. The molecule has 3 nitrogen and oxygen atoms in total. The van der Waals surface area contributed by atoms with E-state index >= 15 is 0 Å². The lowest BCUT2D eigenvalue weighted by molar-refractivity contribution is 0.598. The molecule has 1 atom stereocenters. The Bertz CT molecular complexity index is 551. The summed E-state index contributed by atoms with van der Waals surface area (Å²) in [5.74, 6) is 1.04. The van der Waals surface area contributed by atoms with Crippen LogP contribution in [0.5, 0.6) is 0 Å². The summed E-state index contributed by atoms with van der Waals surface area (Å²) in [4.78, 5) is 4.41.